The fourth-order valence-electron chi connectivity index (χ4n) is 2.74. The number of hydrogen-bond acceptors (Lipinski definition) is 3. The lowest BCUT2D eigenvalue weighted by Crippen LogP contribution is -2.44. The van der Waals surface area contributed by atoms with Crippen molar-refractivity contribution in [3.63, 3.8) is 0 Å². The van der Waals surface area contributed by atoms with Crippen LogP contribution in [0.5, 0.6) is 0 Å². The summed E-state index contributed by atoms with van der Waals surface area (Å²) >= 11 is 1.76. The molecule has 1 saturated heterocycles. The Labute approximate surface area is 111 Å². The van der Waals surface area contributed by atoms with Crippen LogP contribution < -0.4 is 0 Å². The number of amides is 1. The Kier molecular flexibility index (Phi) is 3.31. The monoisotopic (exact) mass is 263 g/mol. The molecule has 96 valence electrons. The minimum absolute atomic E-state index is 0.0171. The fourth-order valence-corrected chi connectivity index (χ4v) is 3.96. The molecule has 1 aromatic carbocycles. The van der Waals surface area contributed by atoms with Crippen LogP contribution in [-0.4, -0.2) is 40.9 Å². The molecule has 0 saturated carbocycles. The van der Waals surface area contributed by atoms with Gasteiger partial charge in [0.25, 0.3) is 0 Å². The van der Waals surface area contributed by atoms with E-state index in [1.165, 1.54) is 4.90 Å². The summed E-state index contributed by atoms with van der Waals surface area (Å²) < 4.78 is 0. The zero-order chi connectivity index (χ0) is 12.5. The maximum atomic E-state index is 12.5. The molecular weight excluding hydrogens is 246 g/mol. The van der Waals surface area contributed by atoms with Crippen molar-refractivity contribution in [1.29, 1.82) is 0 Å². The van der Waals surface area contributed by atoms with Gasteiger partial charge in [0.2, 0.25) is 5.91 Å². The third-order valence-electron chi connectivity index (χ3n) is 3.71. The fraction of sp³-hybridized carbons (Fsp3) is 0.500. The van der Waals surface area contributed by atoms with Crippen molar-refractivity contribution in [3.8, 4) is 0 Å². The van der Waals surface area contributed by atoms with Crippen molar-refractivity contribution < 1.29 is 9.90 Å². The summed E-state index contributed by atoms with van der Waals surface area (Å²) in [6.45, 7) is 1.29. The molecule has 0 aromatic heterocycles. The summed E-state index contributed by atoms with van der Waals surface area (Å²) in [5.41, 5.74) is 1.16. The van der Waals surface area contributed by atoms with Gasteiger partial charge in [-0.1, -0.05) is 18.2 Å². The molecular formula is C14H17NO2S. The molecule has 2 heterocycles. The van der Waals surface area contributed by atoms with Crippen LogP contribution in [0.25, 0.3) is 0 Å². The number of aliphatic hydroxyl groups excluding tert-OH is 1. The van der Waals surface area contributed by atoms with E-state index in [1.807, 2.05) is 17.0 Å². The quantitative estimate of drug-likeness (QED) is 0.841. The predicted molar refractivity (Wildman–Crippen MR) is 71.7 cm³/mol. The average Bonchev–Trinajstić information content (AvgIpc) is 2.82. The van der Waals surface area contributed by atoms with E-state index in [4.69, 9.17) is 0 Å². The third-order valence-corrected chi connectivity index (χ3v) is 4.89. The number of carbonyl (C=O) groups excluding carboxylic acids is 1. The van der Waals surface area contributed by atoms with E-state index >= 15 is 0 Å². The highest BCUT2D eigenvalue weighted by Crippen LogP contribution is 2.40. The first kappa shape index (κ1) is 12.1. The van der Waals surface area contributed by atoms with Crippen molar-refractivity contribution in [3.05, 3.63) is 29.8 Å². The molecule has 0 radical (unpaired) electrons. The molecule has 2 aliphatic heterocycles. The SMILES string of the molecule is O=C(C1CSc2ccccc21)N1CCC[C@H](O)C1. The first-order valence-corrected chi connectivity index (χ1v) is 7.43. The van der Waals surface area contributed by atoms with E-state index < -0.39 is 0 Å². The summed E-state index contributed by atoms with van der Waals surface area (Å²) in [6.07, 6.45) is 1.39. The highest BCUT2D eigenvalue weighted by Gasteiger charge is 2.33. The number of β-amino-alcohol motifs (C(OH)–C–C–N with tert-alkyl or cyclic N) is 1. The summed E-state index contributed by atoms with van der Waals surface area (Å²) in [7, 11) is 0. The van der Waals surface area contributed by atoms with Crippen LogP contribution in [0, 0.1) is 0 Å². The second-order valence-corrected chi connectivity index (χ2v) is 6.04. The number of rotatable bonds is 1. The van der Waals surface area contributed by atoms with Crippen LogP contribution >= 0.6 is 11.8 Å². The number of piperidine rings is 1. The molecule has 1 amide bonds. The second kappa shape index (κ2) is 4.94. The Balaban J connectivity index is 1.78. The van der Waals surface area contributed by atoms with E-state index in [9.17, 15) is 9.90 Å². The number of nitrogens with zero attached hydrogens (tertiary/aromatic N) is 1. The standard InChI is InChI=1S/C14H17NO2S/c16-10-4-3-7-15(8-10)14(17)12-9-18-13-6-2-1-5-11(12)13/h1-2,5-6,10,12,16H,3-4,7-9H2/t10-,12?/m0/s1. The minimum atomic E-state index is -0.341. The number of benzene rings is 1. The predicted octanol–water partition coefficient (Wildman–Crippen LogP) is 1.86. The van der Waals surface area contributed by atoms with Gasteiger partial charge in [0.05, 0.1) is 12.0 Å². The van der Waals surface area contributed by atoms with Crippen molar-refractivity contribution in [2.75, 3.05) is 18.8 Å². The Hall–Kier alpha value is -1.00. The third kappa shape index (κ3) is 2.15. The van der Waals surface area contributed by atoms with Gasteiger partial charge in [0.1, 0.15) is 0 Å². The molecule has 2 atom stereocenters. The Morgan fingerprint density at radius 1 is 1.39 bits per heavy atom. The van der Waals surface area contributed by atoms with Crippen molar-refractivity contribution in [2.24, 2.45) is 0 Å². The molecule has 3 nitrogen and oxygen atoms in total. The molecule has 4 heteroatoms. The average molecular weight is 263 g/mol. The highest BCUT2D eigenvalue weighted by atomic mass is 32.2. The topological polar surface area (TPSA) is 40.5 Å². The zero-order valence-corrected chi connectivity index (χ0v) is 11.0. The second-order valence-electron chi connectivity index (χ2n) is 4.98. The Morgan fingerprint density at radius 2 is 2.22 bits per heavy atom. The van der Waals surface area contributed by atoms with Gasteiger partial charge in [-0.15, -0.1) is 11.8 Å². The van der Waals surface area contributed by atoms with Crippen molar-refractivity contribution in [1.82, 2.24) is 4.90 Å². The van der Waals surface area contributed by atoms with Gasteiger partial charge in [-0.25, -0.2) is 0 Å². The summed E-state index contributed by atoms with van der Waals surface area (Å²) in [5, 5.41) is 9.67. The first-order valence-electron chi connectivity index (χ1n) is 6.44. The van der Waals surface area contributed by atoms with Gasteiger partial charge >= 0.3 is 0 Å². The molecule has 0 spiro atoms. The molecule has 3 rings (SSSR count). The molecule has 1 aromatic rings. The number of likely N-dealkylation sites (tertiary alicyclic amines) is 1. The molecule has 1 N–H and O–H groups in total. The lowest BCUT2D eigenvalue weighted by Gasteiger charge is -2.32. The smallest absolute Gasteiger partial charge is 0.231 e. The maximum Gasteiger partial charge on any atom is 0.231 e. The first-order chi connectivity index (χ1) is 8.75. The Morgan fingerprint density at radius 3 is 3.06 bits per heavy atom. The van der Waals surface area contributed by atoms with Crippen LogP contribution in [0.3, 0.4) is 0 Å². The molecule has 0 aliphatic carbocycles. The van der Waals surface area contributed by atoms with Crippen LogP contribution in [-0.2, 0) is 4.79 Å². The molecule has 1 fully saturated rings. The minimum Gasteiger partial charge on any atom is -0.391 e. The maximum absolute atomic E-state index is 12.5. The van der Waals surface area contributed by atoms with E-state index in [1.54, 1.807) is 11.8 Å². The molecule has 2 aliphatic rings. The van der Waals surface area contributed by atoms with E-state index in [2.05, 4.69) is 12.1 Å². The van der Waals surface area contributed by atoms with Crippen molar-refractivity contribution >= 4 is 17.7 Å². The molecule has 0 bridgehead atoms. The van der Waals surface area contributed by atoms with Crippen LogP contribution in [0.4, 0.5) is 0 Å². The number of fused-ring (bicyclic) bond motifs is 1. The largest absolute Gasteiger partial charge is 0.391 e. The Bertz CT molecular complexity index is 463. The number of hydrogen-bond donors (Lipinski definition) is 1. The lowest BCUT2D eigenvalue weighted by molar-refractivity contribution is -0.135. The van der Waals surface area contributed by atoms with Crippen LogP contribution in [0.15, 0.2) is 29.2 Å². The van der Waals surface area contributed by atoms with Crippen LogP contribution in [0.2, 0.25) is 0 Å². The van der Waals surface area contributed by atoms with Gasteiger partial charge in [0.15, 0.2) is 0 Å². The highest BCUT2D eigenvalue weighted by molar-refractivity contribution is 7.99. The molecule has 1 unspecified atom stereocenters. The summed E-state index contributed by atoms with van der Waals surface area (Å²) in [6, 6.07) is 8.15. The van der Waals surface area contributed by atoms with E-state index in [0.717, 1.165) is 30.7 Å². The van der Waals surface area contributed by atoms with Gasteiger partial charge in [0, 0.05) is 23.7 Å². The zero-order valence-electron chi connectivity index (χ0n) is 10.2. The van der Waals surface area contributed by atoms with Gasteiger partial charge < -0.3 is 10.0 Å². The normalized spacial score (nSPS) is 27.1. The summed E-state index contributed by atoms with van der Waals surface area (Å²) in [4.78, 5) is 15.6. The molecule has 18 heavy (non-hydrogen) atoms. The number of thioether (sulfide) groups is 1. The van der Waals surface area contributed by atoms with Crippen LogP contribution in [0.1, 0.15) is 24.3 Å². The number of carbonyl (C=O) groups is 1. The number of aliphatic hydroxyl groups is 1. The van der Waals surface area contributed by atoms with E-state index in [0.29, 0.717) is 6.54 Å². The van der Waals surface area contributed by atoms with Gasteiger partial charge in [-0.3, -0.25) is 4.79 Å². The lowest BCUT2D eigenvalue weighted by atomic mass is 9.98. The summed E-state index contributed by atoms with van der Waals surface area (Å²) in [5.74, 6) is 1.01. The van der Waals surface area contributed by atoms with Crippen molar-refractivity contribution in [2.45, 2.75) is 29.8 Å². The van der Waals surface area contributed by atoms with Gasteiger partial charge in [-0.05, 0) is 24.5 Å². The van der Waals surface area contributed by atoms with E-state index in [-0.39, 0.29) is 17.9 Å². The van der Waals surface area contributed by atoms with Gasteiger partial charge in [-0.2, -0.15) is 0 Å².